The predicted molar refractivity (Wildman–Crippen MR) is 75.3 cm³/mol. The van der Waals surface area contributed by atoms with E-state index in [0.717, 1.165) is 6.61 Å². The van der Waals surface area contributed by atoms with E-state index in [2.05, 4.69) is 20.8 Å². The largest absolute Gasteiger partial charge is 0.501 e. The van der Waals surface area contributed by atoms with Crippen LogP contribution in [0.5, 0.6) is 0 Å². The third-order valence-electron chi connectivity index (χ3n) is 3.16. The number of hydrogen-bond acceptors (Lipinski definition) is 1. The van der Waals surface area contributed by atoms with Gasteiger partial charge in [-0.15, -0.1) is 0 Å². The maximum absolute atomic E-state index is 5.94. The molecule has 0 unspecified atom stereocenters. The van der Waals surface area contributed by atoms with Crippen LogP contribution in [0.4, 0.5) is 0 Å². The zero-order chi connectivity index (χ0) is 12.1. The van der Waals surface area contributed by atoms with Gasteiger partial charge < -0.3 is 3.79 Å². The van der Waals surface area contributed by atoms with Crippen LogP contribution >= 0.6 is 0 Å². The molecule has 0 amide bonds. The molecule has 16 heavy (non-hydrogen) atoms. The highest BCUT2D eigenvalue weighted by atomic mass is 27.2. The molecule has 0 saturated carbocycles. The normalized spacial score (nSPS) is 10.7. The maximum Gasteiger partial charge on any atom is 0.460 e. The van der Waals surface area contributed by atoms with Gasteiger partial charge in [-0.3, -0.25) is 0 Å². The molecule has 0 atom stereocenters. The van der Waals surface area contributed by atoms with E-state index >= 15 is 0 Å². The summed E-state index contributed by atoms with van der Waals surface area (Å²) >= 11 is -0.819. The summed E-state index contributed by atoms with van der Waals surface area (Å²) in [5, 5.41) is 2.83. The Morgan fingerprint density at radius 1 is 0.688 bits per heavy atom. The fourth-order valence-electron chi connectivity index (χ4n) is 2.14. The van der Waals surface area contributed by atoms with Gasteiger partial charge in [0, 0.05) is 6.61 Å². The highest BCUT2D eigenvalue weighted by molar-refractivity contribution is 6.51. The van der Waals surface area contributed by atoms with E-state index in [4.69, 9.17) is 3.79 Å². The van der Waals surface area contributed by atoms with Crippen molar-refractivity contribution in [2.45, 2.75) is 82.7 Å². The Kier molecular flexibility index (Phi) is 14.0. The van der Waals surface area contributed by atoms with Crippen molar-refractivity contribution in [3.8, 4) is 0 Å². The molecule has 0 heterocycles. The van der Waals surface area contributed by atoms with Crippen molar-refractivity contribution in [3.05, 3.63) is 0 Å². The van der Waals surface area contributed by atoms with E-state index in [1.54, 1.807) is 0 Å². The minimum atomic E-state index is -0.819. The average Bonchev–Trinajstić information content (AvgIpc) is 2.30. The van der Waals surface area contributed by atoms with Crippen molar-refractivity contribution in [3.63, 3.8) is 0 Å². The maximum atomic E-state index is 5.94. The third-order valence-corrected chi connectivity index (χ3v) is 6.07. The monoisotopic (exact) mass is 242 g/mol. The molecule has 1 nitrogen and oxygen atoms in total. The van der Waals surface area contributed by atoms with E-state index < -0.39 is 14.5 Å². The Labute approximate surface area is 108 Å². The standard InChI is InChI=1S/2C6H13.C2H5O.Al/c2*1-3-5-6-4-2;1-2-3;/h2*1,3-6H2,2H3;2H2,1H3;/q;;-1;+1. The molecule has 0 bridgehead atoms. The van der Waals surface area contributed by atoms with Gasteiger partial charge in [-0.25, -0.2) is 0 Å². The lowest BCUT2D eigenvalue weighted by Crippen LogP contribution is -2.17. The first-order valence-electron chi connectivity index (χ1n) is 7.46. The molecule has 96 valence electrons. The van der Waals surface area contributed by atoms with Gasteiger partial charge in [0.15, 0.2) is 0 Å². The summed E-state index contributed by atoms with van der Waals surface area (Å²) < 4.78 is 5.94. The van der Waals surface area contributed by atoms with Crippen molar-refractivity contribution in [2.24, 2.45) is 0 Å². The first kappa shape index (κ1) is 16.5. The van der Waals surface area contributed by atoms with Crippen molar-refractivity contribution in [2.75, 3.05) is 6.61 Å². The fourth-order valence-corrected chi connectivity index (χ4v) is 4.73. The Morgan fingerprint density at radius 3 is 1.56 bits per heavy atom. The van der Waals surface area contributed by atoms with Gasteiger partial charge in [-0.1, -0.05) is 75.8 Å². The van der Waals surface area contributed by atoms with Crippen LogP contribution in [0.3, 0.4) is 0 Å². The Morgan fingerprint density at radius 2 is 1.19 bits per heavy atom. The topological polar surface area (TPSA) is 9.23 Å². The van der Waals surface area contributed by atoms with Gasteiger partial charge >= 0.3 is 14.5 Å². The summed E-state index contributed by atoms with van der Waals surface area (Å²) in [6.45, 7) is 7.65. The summed E-state index contributed by atoms with van der Waals surface area (Å²) in [6, 6.07) is 0. The quantitative estimate of drug-likeness (QED) is 0.338. The third kappa shape index (κ3) is 11.0. The van der Waals surface area contributed by atoms with Gasteiger partial charge in [0.25, 0.3) is 0 Å². The predicted octanol–water partition coefficient (Wildman–Crippen LogP) is 5.18. The molecule has 0 aliphatic carbocycles. The molecule has 0 aliphatic rings. The van der Waals surface area contributed by atoms with Crippen LogP contribution in [0.2, 0.25) is 10.6 Å². The molecule has 0 aromatic rings. The molecule has 0 aliphatic heterocycles. The molecule has 0 aromatic heterocycles. The summed E-state index contributed by atoms with van der Waals surface area (Å²) in [5.41, 5.74) is 0. The first-order chi connectivity index (χ1) is 7.85. The van der Waals surface area contributed by atoms with Gasteiger partial charge in [0.2, 0.25) is 0 Å². The molecular weight excluding hydrogens is 211 g/mol. The van der Waals surface area contributed by atoms with Gasteiger partial charge in [-0.2, -0.15) is 0 Å². The van der Waals surface area contributed by atoms with Crippen LogP contribution < -0.4 is 0 Å². The molecular formula is C14H31AlO. The zero-order valence-electron chi connectivity index (χ0n) is 11.8. The number of rotatable bonds is 12. The van der Waals surface area contributed by atoms with E-state index in [9.17, 15) is 0 Å². The summed E-state index contributed by atoms with van der Waals surface area (Å²) in [7, 11) is 0. The first-order valence-corrected chi connectivity index (χ1v) is 9.57. The van der Waals surface area contributed by atoms with E-state index in [1.807, 2.05) is 0 Å². The fraction of sp³-hybridized carbons (Fsp3) is 1.00. The zero-order valence-corrected chi connectivity index (χ0v) is 12.9. The molecule has 0 N–H and O–H groups in total. The van der Waals surface area contributed by atoms with Crippen molar-refractivity contribution in [1.29, 1.82) is 0 Å². The summed E-state index contributed by atoms with van der Waals surface area (Å²) in [6.07, 6.45) is 11.2. The average molecular weight is 242 g/mol. The van der Waals surface area contributed by atoms with Crippen LogP contribution in [0.25, 0.3) is 0 Å². The van der Waals surface area contributed by atoms with Crippen LogP contribution in [0.1, 0.15) is 72.1 Å². The molecule has 0 radical (unpaired) electrons. The molecule has 0 saturated heterocycles. The molecule has 0 aromatic carbocycles. The van der Waals surface area contributed by atoms with Gasteiger partial charge in [-0.05, 0) is 6.92 Å². The minimum Gasteiger partial charge on any atom is -0.501 e. The Bertz CT molecular complexity index is 116. The number of unbranched alkanes of at least 4 members (excludes halogenated alkanes) is 6. The smallest absolute Gasteiger partial charge is 0.460 e. The molecule has 0 spiro atoms. The van der Waals surface area contributed by atoms with Crippen molar-refractivity contribution in [1.82, 2.24) is 0 Å². The van der Waals surface area contributed by atoms with E-state index in [1.165, 1.54) is 61.9 Å². The lowest BCUT2D eigenvalue weighted by atomic mass is 10.2. The van der Waals surface area contributed by atoms with Crippen LogP contribution in [0, 0.1) is 0 Å². The Hall–Kier alpha value is 0.492. The highest BCUT2D eigenvalue weighted by Crippen LogP contribution is 2.14. The second-order valence-corrected chi connectivity index (χ2v) is 7.51. The van der Waals surface area contributed by atoms with E-state index in [0.29, 0.717) is 0 Å². The molecule has 0 rings (SSSR count). The number of hydrogen-bond donors (Lipinski definition) is 0. The van der Waals surface area contributed by atoms with Crippen LogP contribution in [-0.4, -0.2) is 21.1 Å². The van der Waals surface area contributed by atoms with Crippen molar-refractivity contribution < 1.29 is 3.79 Å². The molecule has 0 fully saturated rings. The minimum absolute atomic E-state index is 0.819. The SMILES string of the molecule is CCCCC[CH2][Al]([CH2]CCCCC)[O]CC. The second-order valence-electron chi connectivity index (χ2n) is 4.78. The van der Waals surface area contributed by atoms with Gasteiger partial charge in [0.1, 0.15) is 0 Å². The highest BCUT2D eigenvalue weighted by Gasteiger charge is 2.18. The van der Waals surface area contributed by atoms with Crippen LogP contribution in [0.15, 0.2) is 0 Å². The lowest BCUT2D eigenvalue weighted by molar-refractivity contribution is 0.338. The second kappa shape index (κ2) is 13.6. The van der Waals surface area contributed by atoms with E-state index in [-0.39, 0.29) is 0 Å². The lowest BCUT2D eigenvalue weighted by Gasteiger charge is -2.11. The molecule has 2 heteroatoms. The summed E-state index contributed by atoms with van der Waals surface area (Å²) in [4.78, 5) is 0. The van der Waals surface area contributed by atoms with Crippen LogP contribution in [-0.2, 0) is 3.79 Å². The van der Waals surface area contributed by atoms with Gasteiger partial charge in [0.05, 0.1) is 0 Å². The van der Waals surface area contributed by atoms with Crippen molar-refractivity contribution >= 4 is 14.5 Å². The summed E-state index contributed by atoms with van der Waals surface area (Å²) in [5.74, 6) is 0. The Balaban J connectivity index is 3.45.